The molecule has 0 aliphatic heterocycles. The van der Waals surface area contributed by atoms with E-state index >= 15 is 0 Å². The van der Waals surface area contributed by atoms with Gasteiger partial charge in [0.2, 0.25) is 0 Å². The fourth-order valence-corrected chi connectivity index (χ4v) is 2.17. The molecule has 0 radical (unpaired) electrons. The van der Waals surface area contributed by atoms with Crippen LogP contribution in [0.4, 0.5) is 5.82 Å². The maximum absolute atomic E-state index is 6.06. The van der Waals surface area contributed by atoms with E-state index in [2.05, 4.69) is 4.98 Å². The third-order valence-electron chi connectivity index (χ3n) is 3.29. The number of nitrogens with two attached hydrogens (primary N) is 2. The van der Waals surface area contributed by atoms with Crippen LogP contribution in [-0.4, -0.2) is 31.0 Å². The van der Waals surface area contributed by atoms with E-state index in [0.29, 0.717) is 46.6 Å². The summed E-state index contributed by atoms with van der Waals surface area (Å²) < 4.78 is 17.4. The van der Waals surface area contributed by atoms with Crippen molar-refractivity contribution in [1.82, 2.24) is 9.66 Å². The van der Waals surface area contributed by atoms with E-state index in [-0.39, 0.29) is 0 Å². The Morgan fingerprint density at radius 3 is 2.05 bits per heavy atom. The molecule has 0 fully saturated rings. The molecule has 114 valence electrons. The third-order valence-corrected chi connectivity index (χ3v) is 3.29. The van der Waals surface area contributed by atoms with Gasteiger partial charge in [0.05, 0.1) is 26.9 Å². The Kier molecular flexibility index (Phi) is 4.11. The topological polar surface area (TPSA) is 97.5 Å². The van der Waals surface area contributed by atoms with Crippen LogP contribution >= 0.6 is 0 Å². The van der Waals surface area contributed by atoms with Gasteiger partial charge < -0.3 is 25.8 Å². The molecule has 2 rings (SSSR count). The molecule has 0 unspecified atom stereocenters. The average molecular weight is 292 g/mol. The molecule has 21 heavy (non-hydrogen) atoms. The van der Waals surface area contributed by atoms with Crippen LogP contribution in [0, 0.1) is 0 Å². The van der Waals surface area contributed by atoms with Gasteiger partial charge in [0.15, 0.2) is 5.82 Å². The first-order valence-electron chi connectivity index (χ1n) is 6.49. The van der Waals surface area contributed by atoms with Crippen molar-refractivity contribution >= 4 is 5.82 Å². The molecule has 0 spiro atoms. The lowest BCUT2D eigenvalue weighted by Gasteiger charge is -2.14. The summed E-state index contributed by atoms with van der Waals surface area (Å²) in [4.78, 5) is 4.48. The Bertz CT molecular complexity index is 627. The van der Waals surface area contributed by atoms with Crippen LogP contribution < -0.4 is 25.8 Å². The number of benzene rings is 1. The van der Waals surface area contributed by atoms with Gasteiger partial charge in [-0.2, -0.15) is 0 Å². The lowest BCUT2D eigenvalue weighted by molar-refractivity contribution is 0.377. The van der Waals surface area contributed by atoms with Crippen molar-refractivity contribution in [1.29, 1.82) is 0 Å². The molecule has 0 aliphatic carbocycles. The largest absolute Gasteiger partial charge is 0.496 e. The molecule has 1 heterocycles. The normalized spacial score (nSPS) is 10.5. The molecule has 0 amide bonds. The minimum absolute atomic E-state index is 0.355. The number of hydrogen-bond acceptors (Lipinski definition) is 6. The van der Waals surface area contributed by atoms with Crippen molar-refractivity contribution in [2.45, 2.75) is 13.3 Å². The van der Waals surface area contributed by atoms with E-state index in [9.17, 15) is 0 Å². The van der Waals surface area contributed by atoms with Gasteiger partial charge in [0.1, 0.15) is 28.8 Å². The summed E-state index contributed by atoms with van der Waals surface area (Å²) in [6.45, 7) is 1.96. The number of hydrogen-bond donors (Lipinski definition) is 2. The van der Waals surface area contributed by atoms with Gasteiger partial charge in [-0.1, -0.05) is 6.92 Å². The fraction of sp³-hybridized carbons (Fsp3) is 0.357. The minimum Gasteiger partial charge on any atom is -0.496 e. The Morgan fingerprint density at radius 1 is 1.10 bits per heavy atom. The molecule has 1 aromatic heterocycles. The number of anilines is 1. The molecule has 0 saturated heterocycles. The molecule has 2 aromatic rings. The van der Waals surface area contributed by atoms with E-state index in [0.717, 1.165) is 0 Å². The predicted octanol–water partition coefficient (Wildman–Crippen LogP) is 1.43. The maximum Gasteiger partial charge on any atom is 0.151 e. The van der Waals surface area contributed by atoms with Crippen molar-refractivity contribution in [2.75, 3.05) is 32.9 Å². The van der Waals surface area contributed by atoms with Crippen molar-refractivity contribution in [2.24, 2.45) is 0 Å². The molecule has 1 aromatic carbocycles. The Morgan fingerprint density at radius 2 is 1.67 bits per heavy atom. The van der Waals surface area contributed by atoms with Crippen molar-refractivity contribution in [3.05, 3.63) is 18.0 Å². The number of aromatic nitrogens is 2. The quantitative estimate of drug-likeness (QED) is 0.809. The molecule has 0 bridgehead atoms. The zero-order valence-corrected chi connectivity index (χ0v) is 12.6. The van der Waals surface area contributed by atoms with Crippen LogP contribution in [0.5, 0.6) is 17.2 Å². The number of nitrogen functional groups attached to an aromatic ring is 2. The second-order valence-corrected chi connectivity index (χ2v) is 4.39. The second kappa shape index (κ2) is 5.82. The highest BCUT2D eigenvalue weighted by Crippen LogP contribution is 2.43. The fourth-order valence-electron chi connectivity index (χ4n) is 2.17. The van der Waals surface area contributed by atoms with Gasteiger partial charge in [-0.25, -0.2) is 9.66 Å². The first-order chi connectivity index (χ1) is 10.1. The van der Waals surface area contributed by atoms with E-state index < -0.39 is 0 Å². The van der Waals surface area contributed by atoms with Crippen LogP contribution in [0.25, 0.3) is 11.3 Å². The van der Waals surface area contributed by atoms with Crippen LogP contribution in [-0.2, 0) is 6.42 Å². The molecule has 0 aliphatic rings. The average Bonchev–Trinajstić information content (AvgIpc) is 2.81. The third kappa shape index (κ3) is 2.42. The van der Waals surface area contributed by atoms with Crippen molar-refractivity contribution < 1.29 is 14.2 Å². The molecule has 0 saturated carbocycles. The second-order valence-electron chi connectivity index (χ2n) is 4.39. The van der Waals surface area contributed by atoms with Gasteiger partial charge in [0.25, 0.3) is 0 Å². The van der Waals surface area contributed by atoms with E-state index in [1.807, 2.05) is 6.92 Å². The minimum atomic E-state index is 0.355. The van der Waals surface area contributed by atoms with Gasteiger partial charge in [-0.15, -0.1) is 0 Å². The molecular weight excluding hydrogens is 272 g/mol. The maximum atomic E-state index is 6.06. The predicted molar refractivity (Wildman–Crippen MR) is 81.3 cm³/mol. The molecular formula is C14H20N4O3. The first-order valence-corrected chi connectivity index (χ1v) is 6.49. The van der Waals surface area contributed by atoms with E-state index in [1.165, 1.54) is 4.68 Å². The van der Waals surface area contributed by atoms with Crippen LogP contribution in [0.3, 0.4) is 0 Å². The molecule has 4 N–H and O–H groups in total. The van der Waals surface area contributed by atoms with Gasteiger partial charge >= 0.3 is 0 Å². The van der Waals surface area contributed by atoms with Crippen molar-refractivity contribution in [3.63, 3.8) is 0 Å². The lowest BCUT2D eigenvalue weighted by Crippen LogP contribution is -2.14. The number of rotatable bonds is 5. The Hall–Kier alpha value is -2.57. The number of imidazole rings is 1. The summed E-state index contributed by atoms with van der Waals surface area (Å²) in [6.07, 6.45) is 0.668. The molecule has 7 nitrogen and oxygen atoms in total. The lowest BCUT2D eigenvalue weighted by atomic mass is 10.1. The summed E-state index contributed by atoms with van der Waals surface area (Å²) >= 11 is 0. The number of ether oxygens (including phenoxy) is 3. The van der Waals surface area contributed by atoms with Crippen LogP contribution in [0.15, 0.2) is 12.1 Å². The summed E-state index contributed by atoms with van der Waals surface area (Å²) in [5, 5.41) is 0. The zero-order valence-electron chi connectivity index (χ0n) is 12.6. The van der Waals surface area contributed by atoms with Gasteiger partial charge in [0, 0.05) is 18.6 Å². The Balaban J connectivity index is 2.73. The molecule has 7 heteroatoms. The standard InChI is InChI=1S/C14H20N4O3/c1-5-11-17-13(14(15)18(11)16)12-9(20-3)6-8(19-2)7-10(12)21-4/h6-7H,5,15-16H2,1-4H3. The SMILES string of the molecule is CCc1nc(-c2c(OC)cc(OC)cc2OC)c(N)n1N. The summed E-state index contributed by atoms with van der Waals surface area (Å²) in [6, 6.07) is 3.50. The Labute approximate surface area is 123 Å². The summed E-state index contributed by atoms with van der Waals surface area (Å²) in [7, 11) is 4.70. The molecule has 0 atom stereocenters. The van der Waals surface area contributed by atoms with Gasteiger partial charge in [-0.3, -0.25) is 0 Å². The van der Waals surface area contributed by atoms with Crippen LogP contribution in [0.1, 0.15) is 12.7 Å². The highest BCUT2D eigenvalue weighted by atomic mass is 16.5. The number of nitrogens with zero attached hydrogens (tertiary/aromatic N) is 2. The van der Waals surface area contributed by atoms with E-state index in [1.54, 1.807) is 33.5 Å². The monoisotopic (exact) mass is 292 g/mol. The number of aryl methyl sites for hydroxylation is 1. The van der Waals surface area contributed by atoms with Gasteiger partial charge in [-0.05, 0) is 0 Å². The first kappa shape index (κ1) is 14.8. The number of methoxy groups -OCH3 is 3. The summed E-state index contributed by atoms with van der Waals surface area (Å²) in [5.74, 6) is 8.68. The summed E-state index contributed by atoms with van der Waals surface area (Å²) in [5.41, 5.74) is 7.25. The van der Waals surface area contributed by atoms with Crippen molar-refractivity contribution in [3.8, 4) is 28.5 Å². The van der Waals surface area contributed by atoms with Crippen LogP contribution in [0.2, 0.25) is 0 Å². The van der Waals surface area contributed by atoms with E-state index in [4.69, 9.17) is 25.8 Å². The highest BCUT2D eigenvalue weighted by Gasteiger charge is 2.22. The zero-order chi connectivity index (χ0) is 15.6. The smallest absolute Gasteiger partial charge is 0.151 e. The highest BCUT2D eigenvalue weighted by molar-refractivity contribution is 5.82.